The molecule has 3 aromatic heterocycles. The van der Waals surface area contributed by atoms with E-state index in [1.807, 2.05) is 35.3 Å². The maximum atomic E-state index is 13.5. The van der Waals surface area contributed by atoms with Crippen molar-refractivity contribution in [2.24, 2.45) is 0 Å². The number of benzene rings is 1. The van der Waals surface area contributed by atoms with Gasteiger partial charge in [0.15, 0.2) is 10.9 Å². The Morgan fingerprint density at radius 1 is 1.19 bits per heavy atom. The zero-order chi connectivity index (χ0) is 30.5. The molecule has 43 heavy (non-hydrogen) atoms. The van der Waals surface area contributed by atoms with Crippen LogP contribution in [0.2, 0.25) is 0 Å². The Bertz CT molecular complexity index is 1690. The number of hydrogen-bond acceptors (Lipinski definition) is 10. The van der Waals surface area contributed by atoms with E-state index in [-0.39, 0.29) is 24.3 Å². The summed E-state index contributed by atoms with van der Waals surface area (Å²) in [6.07, 6.45) is 2.47. The smallest absolute Gasteiger partial charge is 0.282 e. The van der Waals surface area contributed by atoms with Gasteiger partial charge in [0.1, 0.15) is 22.5 Å². The molecule has 2 aliphatic heterocycles. The van der Waals surface area contributed by atoms with E-state index in [1.54, 1.807) is 12.1 Å². The topological polar surface area (TPSA) is 96.9 Å². The van der Waals surface area contributed by atoms with Gasteiger partial charge in [-0.25, -0.2) is 23.1 Å². The van der Waals surface area contributed by atoms with Crippen LogP contribution in [-0.2, 0) is 11.2 Å². The molecule has 1 atom stereocenters. The number of hydrogen-bond donors (Lipinski definition) is 0. The quantitative estimate of drug-likeness (QED) is 0.278. The Morgan fingerprint density at radius 2 is 1.93 bits per heavy atom. The van der Waals surface area contributed by atoms with Crippen molar-refractivity contribution in [3.05, 3.63) is 40.7 Å². The van der Waals surface area contributed by atoms with Gasteiger partial charge in [0.2, 0.25) is 16.0 Å². The molecule has 2 aliphatic rings. The molecule has 1 aromatic carbocycles. The van der Waals surface area contributed by atoms with Crippen LogP contribution in [0, 0.1) is 17.1 Å². The number of aryl methyl sites for hydroxylation is 1. The first-order chi connectivity index (χ1) is 20.6. The summed E-state index contributed by atoms with van der Waals surface area (Å²) in [4.78, 5) is 30.5. The van der Waals surface area contributed by atoms with E-state index in [0.29, 0.717) is 34.2 Å². The number of amides is 1. The molecule has 2 saturated heterocycles. The number of alkyl halides is 2. The number of aromatic nitrogens is 4. The summed E-state index contributed by atoms with van der Waals surface area (Å²) in [7, 11) is 3.73. The second kappa shape index (κ2) is 11.4. The summed E-state index contributed by atoms with van der Waals surface area (Å²) >= 11 is 2.73. The van der Waals surface area contributed by atoms with Crippen molar-refractivity contribution < 1.29 is 18.0 Å². The average molecular weight is 630 g/mol. The summed E-state index contributed by atoms with van der Waals surface area (Å²) < 4.78 is 41.8. The number of imidazole rings is 1. The molecule has 0 spiro atoms. The minimum absolute atomic E-state index is 0.0775. The lowest BCUT2D eigenvalue weighted by molar-refractivity contribution is -0.166. The number of halogens is 3. The molecule has 0 N–H and O–H groups in total. The number of carbonyl (C=O) groups is 1. The lowest BCUT2D eigenvalue weighted by Crippen LogP contribution is -2.60. The fourth-order valence-corrected chi connectivity index (χ4v) is 7.31. The molecule has 0 saturated carbocycles. The summed E-state index contributed by atoms with van der Waals surface area (Å²) in [6, 6.07) is 8.21. The fraction of sp³-hybridized carbons (Fsp3) is 0.464. The van der Waals surface area contributed by atoms with Gasteiger partial charge in [-0.15, -0.1) is 5.10 Å². The Balaban J connectivity index is 1.22. The first-order valence-corrected chi connectivity index (χ1v) is 15.6. The average Bonchev–Trinajstić information content (AvgIpc) is 3.68. The van der Waals surface area contributed by atoms with Crippen molar-refractivity contribution in [3.8, 4) is 17.3 Å². The van der Waals surface area contributed by atoms with E-state index < -0.39 is 19.0 Å². The van der Waals surface area contributed by atoms with Crippen molar-refractivity contribution in [2.75, 3.05) is 56.6 Å². The van der Waals surface area contributed by atoms with Crippen LogP contribution in [0.5, 0.6) is 0 Å². The third-order valence-electron chi connectivity index (χ3n) is 7.89. The van der Waals surface area contributed by atoms with Crippen molar-refractivity contribution >= 4 is 49.6 Å². The number of nitrogens with zero attached hydrogens (tertiary/aromatic N) is 9. The second-order valence-electron chi connectivity index (χ2n) is 10.9. The van der Waals surface area contributed by atoms with Crippen molar-refractivity contribution in [1.82, 2.24) is 29.4 Å². The zero-order valence-corrected chi connectivity index (χ0v) is 25.6. The van der Waals surface area contributed by atoms with E-state index in [0.717, 1.165) is 41.0 Å². The van der Waals surface area contributed by atoms with Gasteiger partial charge in [-0.1, -0.05) is 29.6 Å². The lowest BCUT2D eigenvalue weighted by Gasteiger charge is -2.41. The van der Waals surface area contributed by atoms with Gasteiger partial charge in [0.05, 0.1) is 25.3 Å². The van der Waals surface area contributed by atoms with Crippen molar-refractivity contribution in [1.29, 1.82) is 5.26 Å². The van der Waals surface area contributed by atoms with Gasteiger partial charge < -0.3 is 14.7 Å². The van der Waals surface area contributed by atoms with Crippen LogP contribution < -0.4 is 9.80 Å². The summed E-state index contributed by atoms with van der Waals surface area (Å²) in [6.45, 7) is 2.57. The lowest BCUT2D eigenvalue weighted by atomic mass is 10.0. The van der Waals surface area contributed by atoms with Crippen LogP contribution in [0.3, 0.4) is 0 Å². The predicted octanol–water partition coefficient (Wildman–Crippen LogP) is 4.63. The van der Waals surface area contributed by atoms with Gasteiger partial charge in [0, 0.05) is 31.7 Å². The molecule has 2 fully saturated rings. The molecule has 5 heterocycles. The molecule has 0 aliphatic carbocycles. The monoisotopic (exact) mass is 629 g/mol. The normalized spacial score (nSPS) is 18.2. The van der Waals surface area contributed by atoms with Crippen LogP contribution >= 0.6 is 22.7 Å². The number of rotatable bonds is 8. The second-order valence-corrected chi connectivity index (χ2v) is 12.8. The third kappa shape index (κ3) is 5.66. The maximum absolute atomic E-state index is 13.5. The minimum atomic E-state index is -2.77. The minimum Gasteiger partial charge on any atom is -0.345 e. The standard InChI is InChI=1S/C28H30F3N9OS2/c1-4-20-24(37(3)25-34-23(21(12-32)42-25)17-7-9-18(29)10-8-17)40-26(33-20)43-27(35-40)38-11-5-6-19(13-38)36(2)14-22(41)39-15-28(30,31)16-39/h7-10,19H,4-6,11,13-16H2,1-3H3. The molecule has 1 unspecified atom stereocenters. The van der Waals surface area contributed by atoms with Crippen LogP contribution in [0.4, 0.5) is 29.3 Å². The molecular weight excluding hydrogens is 599 g/mol. The highest BCUT2D eigenvalue weighted by molar-refractivity contribution is 7.20. The number of piperidine rings is 1. The molecule has 0 bridgehead atoms. The van der Waals surface area contributed by atoms with E-state index in [4.69, 9.17) is 15.1 Å². The van der Waals surface area contributed by atoms with Crippen LogP contribution in [0.1, 0.15) is 30.3 Å². The van der Waals surface area contributed by atoms with E-state index in [1.165, 1.54) is 39.7 Å². The first kappa shape index (κ1) is 29.3. The number of fused-ring (bicyclic) bond motifs is 1. The zero-order valence-electron chi connectivity index (χ0n) is 23.9. The highest BCUT2D eigenvalue weighted by Crippen LogP contribution is 2.38. The summed E-state index contributed by atoms with van der Waals surface area (Å²) in [5, 5.41) is 16.1. The molecule has 4 aromatic rings. The Labute approximate surface area is 254 Å². The number of anilines is 3. The Morgan fingerprint density at radius 3 is 2.60 bits per heavy atom. The van der Waals surface area contributed by atoms with Crippen LogP contribution in [0.15, 0.2) is 24.3 Å². The van der Waals surface area contributed by atoms with Crippen LogP contribution in [0.25, 0.3) is 16.2 Å². The van der Waals surface area contributed by atoms with E-state index >= 15 is 0 Å². The molecule has 10 nitrogen and oxygen atoms in total. The highest BCUT2D eigenvalue weighted by Gasteiger charge is 2.46. The summed E-state index contributed by atoms with van der Waals surface area (Å²) in [5.74, 6) is -2.65. The van der Waals surface area contributed by atoms with Crippen molar-refractivity contribution in [2.45, 2.75) is 38.2 Å². The van der Waals surface area contributed by atoms with Crippen LogP contribution in [-0.4, -0.2) is 94.1 Å². The first-order valence-electron chi connectivity index (χ1n) is 14.0. The highest BCUT2D eigenvalue weighted by atomic mass is 32.1. The van der Waals surface area contributed by atoms with Gasteiger partial charge in [-0.3, -0.25) is 9.69 Å². The van der Waals surface area contributed by atoms with E-state index in [2.05, 4.69) is 11.0 Å². The van der Waals surface area contributed by atoms with E-state index in [9.17, 15) is 23.2 Å². The Kier molecular flexibility index (Phi) is 7.78. The van der Waals surface area contributed by atoms with Gasteiger partial charge in [0.25, 0.3) is 5.92 Å². The fourth-order valence-electron chi connectivity index (χ4n) is 5.51. The largest absolute Gasteiger partial charge is 0.345 e. The van der Waals surface area contributed by atoms with Gasteiger partial charge >= 0.3 is 0 Å². The molecule has 15 heteroatoms. The molecule has 6 rings (SSSR count). The van der Waals surface area contributed by atoms with Crippen molar-refractivity contribution in [3.63, 3.8) is 0 Å². The molecule has 0 radical (unpaired) electrons. The Hall–Kier alpha value is -3.74. The summed E-state index contributed by atoms with van der Waals surface area (Å²) in [5.41, 5.74) is 2.00. The number of likely N-dealkylation sites (N-methyl/N-ethyl adjacent to an activating group) is 1. The number of thiazole rings is 1. The number of likely N-dealkylation sites (tertiary alicyclic amines) is 1. The van der Waals surface area contributed by atoms with Gasteiger partial charge in [-0.05, 0) is 50.6 Å². The predicted molar refractivity (Wildman–Crippen MR) is 160 cm³/mol. The maximum Gasteiger partial charge on any atom is 0.282 e. The molecule has 1 amide bonds. The van der Waals surface area contributed by atoms with Gasteiger partial charge in [-0.2, -0.15) is 9.78 Å². The third-order valence-corrected chi connectivity index (χ3v) is 9.89. The molecular formula is C28H30F3N9OS2. The molecule has 226 valence electrons. The number of carbonyl (C=O) groups excluding carboxylic acids is 1. The SMILES string of the molecule is CCc1nc2sc(N3CCCC(N(C)CC(=O)N4CC(F)(F)C4)C3)nn2c1N(C)c1nc(-c2ccc(F)cc2)c(C#N)s1. The number of nitriles is 1.